The van der Waals surface area contributed by atoms with E-state index in [0.29, 0.717) is 24.6 Å². The van der Waals surface area contributed by atoms with Gasteiger partial charge in [-0.2, -0.15) is 4.72 Å². The van der Waals surface area contributed by atoms with Crippen LogP contribution in [0.4, 0.5) is 0 Å². The maximum Gasteiger partial charge on any atom is 0.241 e. The van der Waals surface area contributed by atoms with Gasteiger partial charge in [-0.3, -0.25) is 4.79 Å². The number of sulfonamides is 1. The Labute approximate surface area is 177 Å². The van der Waals surface area contributed by atoms with Gasteiger partial charge in [0, 0.05) is 18.2 Å². The summed E-state index contributed by atoms with van der Waals surface area (Å²) in [6.45, 7) is 4.82. The molecule has 1 atom stereocenters. The standard InChI is InChI=1S/C21H27ClN2O4S/c1-16(2)28-14-6-13-23-21(25)20(15-17-7-4-3-5-8-17)24-29(26,27)19-11-9-18(22)10-12-19/h3-5,7-12,16,20,24H,6,13-15H2,1-2H3,(H,23,25)/t20-/m1/s1. The Morgan fingerprint density at radius 2 is 1.72 bits per heavy atom. The fourth-order valence-corrected chi connectivity index (χ4v) is 3.95. The Morgan fingerprint density at radius 1 is 1.07 bits per heavy atom. The van der Waals surface area contributed by atoms with Crippen molar-refractivity contribution < 1.29 is 17.9 Å². The number of carbonyl (C=O) groups is 1. The van der Waals surface area contributed by atoms with Crippen molar-refractivity contribution in [1.82, 2.24) is 10.0 Å². The first-order valence-electron chi connectivity index (χ1n) is 9.49. The number of benzene rings is 2. The quantitative estimate of drug-likeness (QED) is 0.528. The molecule has 2 aromatic carbocycles. The van der Waals surface area contributed by atoms with E-state index in [4.69, 9.17) is 16.3 Å². The van der Waals surface area contributed by atoms with Crippen molar-refractivity contribution in [3.63, 3.8) is 0 Å². The van der Waals surface area contributed by atoms with E-state index in [1.807, 2.05) is 44.2 Å². The number of nitrogens with one attached hydrogen (secondary N) is 2. The van der Waals surface area contributed by atoms with Crippen molar-refractivity contribution >= 4 is 27.5 Å². The summed E-state index contributed by atoms with van der Waals surface area (Å²) < 4.78 is 33.5. The largest absolute Gasteiger partial charge is 0.379 e. The van der Waals surface area contributed by atoms with Gasteiger partial charge in [-0.15, -0.1) is 0 Å². The highest BCUT2D eigenvalue weighted by Crippen LogP contribution is 2.15. The third kappa shape index (κ3) is 8.14. The van der Waals surface area contributed by atoms with Crippen molar-refractivity contribution in [2.24, 2.45) is 0 Å². The third-order valence-corrected chi connectivity index (χ3v) is 5.83. The minimum Gasteiger partial charge on any atom is -0.379 e. The molecule has 0 aromatic heterocycles. The second kappa shape index (κ2) is 11.3. The summed E-state index contributed by atoms with van der Waals surface area (Å²) in [7, 11) is -3.88. The van der Waals surface area contributed by atoms with Crippen LogP contribution < -0.4 is 10.0 Å². The SMILES string of the molecule is CC(C)OCCCNC(=O)[C@@H](Cc1ccccc1)NS(=O)(=O)c1ccc(Cl)cc1. The summed E-state index contributed by atoms with van der Waals surface area (Å²) in [6, 6.07) is 14.1. The van der Waals surface area contributed by atoms with Crippen LogP contribution in [-0.2, 0) is 26.0 Å². The molecule has 2 N–H and O–H groups in total. The van der Waals surface area contributed by atoms with Crippen LogP contribution in [0, 0.1) is 0 Å². The summed E-state index contributed by atoms with van der Waals surface area (Å²) in [5.41, 5.74) is 0.856. The smallest absolute Gasteiger partial charge is 0.241 e. The lowest BCUT2D eigenvalue weighted by Gasteiger charge is -2.19. The first-order valence-corrected chi connectivity index (χ1v) is 11.3. The van der Waals surface area contributed by atoms with E-state index in [9.17, 15) is 13.2 Å². The summed E-state index contributed by atoms with van der Waals surface area (Å²) in [5.74, 6) is -0.379. The fraction of sp³-hybridized carbons (Fsp3) is 0.381. The Bertz CT molecular complexity index is 871. The van der Waals surface area contributed by atoms with Crippen LogP contribution in [0.25, 0.3) is 0 Å². The number of carbonyl (C=O) groups excluding carboxylic acids is 1. The first-order chi connectivity index (χ1) is 13.8. The van der Waals surface area contributed by atoms with Gasteiger partial charge in [0.25, 0.3) is 0 Å². The van der Waals surface area contributed by atoms with Gasteiger partial charge in [-0.1, -0.05) is 41.9 Å². The maximum absolute atomic E-state index is 12.7. The van der Waals surface area contributed by atoms with Gasteiger partial charge in [-0.25, -0.2) is 8.42 Å². The van der Waals surface area contributed by atoms with E-state index in [1.165, 1.54) is 24.3 Å². The lowest BCUT2D eigenvalue weighted by Crippen LogP contribution is -2.48. The molecule has 0 aliphatic rings. The Morgan fingerprint density at radius 3 is 2.34 bits per heavy atom. The predicted octanol–water partition coefficient (Wildman–Crippen LogP) is 3.16. The number of rotatable bonds is 11. The molecule has 8 heteroatoms. The van der Waals surface area contributed by atoms with Gasteiger partial charge < -0.3 is 10.1 Å². The van der Waals surface area contributed by atoms with Crippen LogP contribution in [0.3, 0.4) is 0 Å². The van der Waals surface area contributed by atoms with Gasteiger partial charge in [0.15, 0.2) is 0 Å². The molecular formula is C21H27ClN2O4S. The second-order valence-corrected chi connectivity index (χ2v) is 9.03. The third-order valence-electron chi connectivity index (χ3n) is 4.09. The summed E-state index contributed by atoms with van der Waals surface area (Å²) in [6.07, 6.45) is 1.01. The Balaban J connectivity index is 2.08. The molecule has 0 radical (unpaired) electrons. The van der Waals surface area contributed by atoms with Gasteiger partial charge >= 0.3 is 0 Å². The number of hydrogen-bond donors (Lipinski definition) is 2. The van der Waals surface area contributed by atoms with Crippen molar-refractivity contribution in [3.8, 4) is 0 Å². The number of ether oxygens (including phenoxy) is 1. The van der Waals surface area contributed by atoms with Gasteiger partial charge in [-0.05, 0) is 56.5 Å². The molecule has 1 amide bonds. The summed E-state index contributed by atoms with van der Waals surface area (Å²) >= 11 is 5.84. The van der Waals surface area contributed by atoms with E-state index < -0.39 is 16.1 Å². The van der Waals surface area contributed by atoms with Crippen LogP contribution in [-0.4, -0.2) is 39.6 Å². The fourth-order valence-electron chi connectivity index (χ4n) is 2.63. The molecule has 2 rings (SSSR count). The molecule has 0 heterocycles. The molecule has 0 bridgehead atoms. The maximum atomic E-state index is 12.7. The highest BCUT2D eigenvalue weighted by Gasteiger charge is 2.26. The molecule has 0 saturated carbocycles. The Kier molecular flexibility index (Phi) is 9.10. The molecule has 0 saturated heterocycles. The molecule has 2 aromatic rings. The van der Waals surface area contributed by atoms with E-state index >= 15 is 0 Å². The lowest BCUT2D eigenvalue weighted by atomic mass is 10.1. The highest BCUT2D eigenvalue weighted by molar-refractivity contribution is 7.89. The van der Waals surface area contributed by atoms with Crippen molar-refractivity contribution in [1.29, 1.82) is 0 Å². The zero-order valence-corrected chi connectivity index (χ0v) is 18.2. The van der Waals surface area contributed by atoms with E-state index in [-0.39, 0.29) is 23.3 Å². The van der Waals surface area contributed by atoms with Gasteiger partial charge in [0.1, 0.15) is 6.04 Å². The van der Waals surface area contributed by atoms with Crippen LogP contribution in [0.5, 0.6) is 0 Å². The zero-order valence-electron chi connectivity index (χ0n) is 16.6. The molecule has 158 valence electrons. The highest BCUT2D eigenvalue weighted by atomic mass is 35.5. The first kappa shape index (κ1) is 23.3. The summed E-state index contributed by atoms with van der Waals surface area (Å²) in [4.78, 5) is 12.8. The molecule has 0 aliphatic heterocycles. The van der Waals surface area contributed by atoms with Crippen LogP contribution in [0.2, 0.25) is 5.02 Å². The topological polar surface area (TPSA) is 84.5 Å². The zero-order chi connectivity index (χ0) is 21.3. The van der Waals surface area contributed by atoms with Crippen LogP contribution >= 0.6 is 11.6 Å². The van der Waals surface area contributed by atoms with E-state index in [0.717, 1.165) is 5.56 Å². The average Bonchev–Trinajstić information content (AvgIpc) is 2.68. The molecule has 6 nitrogen and oxygen atoms in total. The minimum absolute atomic E-state index is 0.0538. The van der Waals surface area contributed by atoms with Gasteiger partial charge in [0.2, 0.25) is 15.9 Å². The monoisotopic (exact) mass is 438 g/mol. The number of halogens is 1. The lowest BCUT2D eigenvalue weighted by molar-refractivity contribution is -0.122. The molecular weight excluding hydrogens is 412 g/mol. The molecule has 0 fully saturated rings. The van der Waals surface area contributed by atoms with Crippen LogP contribution in [0.1, 0.15) is 25.8 Å². The van der Waals surface area contributed by atoms with Gasteiger partial charge in [0.05, 0.1) is 11.0 Å². The van der Waals surface area contributed by atoms with Crippen molar-refractivity contribution in [2.75, 3.05) is 13.2 Å². The predicted molar refractivity (Wildman–Crippen MR) is 114 cm³/mol. The molecule has 29 heavy (non-hydrogen) atoms. The second-order valence-electron chi connectivity index (χ2n) is 6.88. The number of amides is 1. The Hall–Kier alpha value is -1.93. The van der Waals surface area contributed by atoms with E-state index in [2.05, 4.69) is 10.0 Å². The normalized spacial score (nSPS) is 12.7. The van der Waals surface area contributed by atoms with Crippen molar-refractivity contribution in [2.45, 2.75) is 43.7 Å². The minimum atomic E-state index is -3.88. The van der Waals surface area contributed by atoms with Crippen molar-refractivity contribution in [3.05, 3.63) is 65.2 Å². The summed E-state index contributed by atoms with van der Waals surface area (Å²) in [5, 5.41) is 3.23. The average molecular weight is 439 g/mol. The molecule has 0 unspecified atom stereocenters. The number of hydrogen-bond acceptors (Lipinski definition) is 4. The molecule has 0 spiro atoms. The van der Waals surface area contributed by atoms with Crippen LogP contribution in [0.15, 0.2) is 59.5 Å². The molecule has 0 aliphatic carbocycles. The van der Waals surface area contributed by atoms with E-state index in [1.54, 1.807) is 0 Å².